The lowest BCUT2D eigenvalue weighted by molar-refractivity contribution is -0.137. The molecule has 15 heavy (non-hydrogen) atoms. The number of likely N-dealkylation sites (N-methyl/N-ethyl adjacent to an activating group) is 1. The number of benzene rings is 1. The maximum absolute atomic E-state index is 10.6. The lowest BCUT2D eigenvalue weighted by Gasteiger charge is -2.21. The summed E-state index contributed by atoms with van der Waals surface area (Å²) < 4.78 is 0. The molecule has 1 aliphatic rings. The molecule has 1 aromatic carbocycles. The van der Waals surface area contributed by atoms with Gasteiger partial charge in [-0.1, -0.05) is 12.1 Å². The molecule has 4 nitrogen and oxygen atoms in total. The second kappa shape index (κ2) is 3.46. The van der Waals surface area contributed by atoms with Crippen LogP contribution >= 0.6 is 0 Å². The van der Waals surface area contributed by atoms with Crippen LogP contribution in [-0.2, 0) is 11.2 Å². The van der Waals surface area contributed by atoms with E-state index in [4.69, 9.17) is 5.11 Å². The number of carboxylic acids is 1. The topological polar surface area (TPSA) is 60.8 Å². The number of fused-ring (bicyclic) bond motifs is 1. The zero-order valence-corrected chi connectivity index (χ0v) is 8.47. The first-order valence-corrected chi connectivity index (χ1v) is 4.85. The molecule has 2 N–H and O–H groups in total. The van der Waals surface area contributed by atoms with Gasteiger partial charge in [-0.3, -0.25) is 4.79 Å². The Kier molecular flexibility index (Phi) is 2.26. The molecule has 0 saturated carbocycles. The predicted octanol–water partition coefficient (Wildman–Crippen LogP) is 1.23. The summed E-state index contributed by atoms with van der Waals surface area (Å²) in [5.74, 6) is -0.581. The molecule has 0 amide bonds. The summed E-state index contributed by atoms with van der Waals surface area (Å²) in [6.45, 7) is 0. The van der Waals surface area contributed by atoms with E-state index in [1.165, 1.54) is 0 Å². The number of hydrogen-bond donors (Lipinski definition) is 2. The van der Waals surface area contributed by atoms with Crippen LogP contribution in [0.4, 0.5) is 5.69 Å². The fraction of sp³-hybridized carbons (Fsp3) is 0.364. The SMILES string of the molecule is CN1c2c(O)cccc2CC1CC(=O)O. The minimum absolute atomic E-state index is 0.0502. The van der Waals surface area contributed by atoms with E-state index >= 15 is 0 Å². The molecule has 1 unspecified atom stereocenters. The molecule has 2 rings (SSSR count). The van der Waals surface area contributed by atoms with Crippen LogP contribution in [0.2, 0.25) is 0 Å². The van der Waals surface area contributed by atoms with Gasteiger partial charge >= 0.3 is 5.97 Å². The number of phenolic OH excluding ortho intramolecular Hbond substituents is 1. The lowest BCUT2D eigenvalue weighted by Crippen LogP contribution is -2.30. The van der Waals surface area contributed by atoms with Crippen LogP contribution in [0, 0.1) is 0 Å². The molecule has 1 aliphatic heterocycles. The summed E-state index contributed by atoms with van der Waals surface area (Å²) in [7, 11) is 1.82. The molecule has 80 valence electrons. The fourth-order valence-corrected chi connectivity index (χ4v) is 2.13. The summed E-state index contributed by atoms with van der Waals surface area (Å²) in [5.41, 5.74) is 1.78. The molecule has 0 spiro atoms. The molecular formula is C11H13NO3. The first-order chi connectivity index (χ1) is 7.09. The Hall–Kier alpha value is -1.71. The van der Waals surface area contributed by atoms with Gasteiger partial charge in [-0.2, -0.15) is 0 Å². The van der Waals surface area contributed by atoms with Gasteiger partial charge < -0.3 is 15.1 Å². The first kappa shape index (κ1) is 9.83. The average molecular weight is 207 g/mol. The zero-order valence-electron chi connectivity index (χ0n) is 8.47. The van der Waals surface area contributed by atoms with Crippen molar-refractivity contribution in [2.24, 2.45) is 0 Å². The van der Waals surface area contributed by atoms with Crippen LogP contribution in [0.3, 0.4) is 0 Å². The number of hydrogen-bond acceptors (Lipinski definition) is 3. The van der Waals surface area contributed by atoms with Crippen molar-refractivity contribution in [3.8, 4) is 5.75 Å². The van der Waals surface area contributed by atoms with E-state index in [-0.39, 0.29) is 18.2 Å². The number of anilines is 1. The van der Waals surface area contributed by atoms with Crippen molar-refractivity contribution in [1.29, 1.82) is 0 Å². The Bertz CT molecular complexity index is 403. The van der Waals surface area contributed by atoms with Gasteiger partial charge in [0.2, 0.25) is 0 Å². The predicted molar refractivity (Wildman–Crippen MR) is 56.3 cm³/mol. The van der Waals surface area contributed by atoms with E-state index in [2.05, 4.69) is 0 Å². The molecule has 0 radical (unpaired) electrons. The summed E-state index contributed by atoms with van der Waals surface area (Å²) in [5, 5.41) is 18.4. The molecule has 0 aliphatic carbocycles. The van der Waals surface area contributed by atoms with Crippen molar-refractivity contribution in [3.63, 3.8) is 0 Å². The van der Waals surface area contributed by atoms with Gasteiger partial charge in [-0.05, 0) is 18.1 Å². The molecule has 0 bridgehead atoms. The normalized spacial score (nSPS) is 19.0. The molecule has 1 heterocycles. The quantitative estimate of drug-likeness (QED) is 0.765. The van der Waals surface area contributed by atoms with Gasteiger partial charge in [-0.15, -0.1) is 0 Å². The van der Waals surface area contributed by atoms with E-state index in [1.807, 2.05) is 18.0 Å². The highest BCUT2D eigenvalue weighted by atomic mass is 16.4. The summed E-state index contributed by atoms with van der Waals surface area (Å²) >= 11 is 0. The van der Waals surface area contributed by atoms with Crippen LogP contribution in [0.5, 0.6) is 5.75 Å². The minimum atomic E-state index is -0.806. The number of aliphatic carboxylic acids is 1. The van der Waals surface area contributed by atoms with E-state index in [1.54, 1.807) is 12.1 Å². The Balaban J connectivity index is 2.29. The smallest absolute Gasteiger partial charge is 0.305 e. The number of carboxylic acid groups (broad SMARTS) is 1. The van der Waals surface area contributed by atoms with Crippen LogP contribution < -0.4 is 4.90 Å². The number of nitrogens with zero attached hydrogens (tertiary/aromatic N) is 1. The molecular weight excluding hydrogens is 194 g/mol. The van der Waals surface area contributed by atoms with Gasteiger partial charge in [0.25, 0.3) is 0 Å². The van der Waals surface area contributed by atoms with E-state index in [0.29, 0.717) is 6.42 Å². The van der Waals surface area contributed by atoms with Gasteiger partial charge in [0, 0.05) is 13.1 Å². The van der Waals surface area contributed by atoms with Crippen molar-refractivity contribution in [2.45, 2.75) is 18.9 Å². The number of para-hydroxylation sites is 1. The van der Waals surface area contributed by atoms with Crippen molar-refractivity contribution in [2.75, 3.05) is 11.9 Å². The van der Waals surface area contributed by atoms with Gasteiger partial charge in [-0.25, -0.2) is 0 Å². The summed E-state index contributed by atoms with van der Waals surface area (Å²) in [6.07, 6.45) is 0.789. The molecule has 0 saturated heterocycles. The maximum Gasteiger partial charge on any atom is 0.305 e. The molecule has 1 atom stereocenters. The highest BCUT2D eigenvalue weighted by molar-refractivity contribution is 5.72. The third kappa shape index (κ3) is 1.63. The Morgan fingerprint density at radius 3 is 2.93 bits per heavy atom. The van der Waals surface area contributed by atoms with E-state index in [0.717, 1.165) is 11.3 Å². The van der Waals surface area contributed by atoms with Gasteiger partial charge in [0.1, 0.15) is 5.75 Å². The van der Waals surface area contributed by atoms with Crippen LogP contribution in [-0.4, -0.2) is 29.3 Å². The van der Waals surface area contributed by atoms with E-state index in [9.17, 15) is 9.90 Å². The van der Waals surface area contributed by atoms with Crippen molar-refractivity contribution < 1.29 is 15.0 Å². The van der Waals surface area contributed by atoms with Crippen LogP contribution in [0.25, 0.3) is 0 Å². The number of aromatic hydroxyl groups is 1. The third-order valence-electron chi connectivity index (χ3n) is 2.86. The van der Waals surface area contributed by atoms with E-state index < -0.39 is 5.97 Å². The van der Waals surface area contributed by atoms with Gasteiger partial charge in [0.15, 0.2) is 0 Å². The zero-order chi connectivity index (χ0) is 11.0. The monoisotopic (exact) mass is 207 g/mol. The Labute approximate surface area is 87.8 Å². The lowest BCUT2D eigenvalue weighted by atomic mass is 10.1. The molecule has 1 aromatic rings. The Morgan fingerprint density at radius 1 is 1.60 bits per heavy atom. The molecule has 4 heteroatoms. The highest BCUT2D eigenvalue weighted by Gasteiger charge is 2.29. The van der Waals surface area contributed by atoms with Crippen LogP contribution in [0.1, 0.15) is 12.0 Å². The van der Waals surface area contributed by atoms with Crippen molar-refractivity contribution in [1.82, 2.24) is 0 Å². The number of phenols is 1. The third-order valence-corrected chi connectivity index (χ3v) is 2.86. The fourth-order valence-electron chi connectivity index (χ4n) is 2.13. The maximum atomic E-state index is 10.6. The largest absolute Gasteiger partial charge is 0.506 e. The standard InChI is InChI=1S/C11H13NO3/c1-12-8(6-10(14)15)5-7-3-2-4-9(13)11(7)12/h2-4,8,13H,5-6H2,1H3,(H,14,15). The first-order valence-electron chi connectivity index (χ1n) is 4.85. The average Bonchev–Trinajstić information content (AvgIpc) is 2.44. The Morgan fingerprint density at radius 2 is 2.33 bits per heavy atom. The number of carbonyl (C=O) groups is 1. The van der Waals surface area contributed by atoms with Gasteiger partial charge in [0.05, 0.1) is 12.1 Å². The summed E-state index contributed by atoms with van der Waals surface area (Å²) in [4.78, 5) is 12.5. The second-order valence-corrected chi connectivity index (χ2v) is 3.85. The molecule has 0 aromatic heterocycles. The second-order valence-electron chi connectivity index (χ2n) is 3.85. The molecule has 0 fully saturated rings. The minimum Gasteiger partial charge on any atom is -0.506 e. The van der Waals surface area contributed by atoms with Crippen molar-refractivity contribution in [3.05, 3.63) is 23.8 Å². The van der Waals surface area contributed by atoms with Crippen LogP contribution in [0.15, 0.2) is 18.2 Å². The number of rotatable bonds is 2. The highest BCUT2D eigenvalue weighted by Crippen LogP contribution is 2.38. The summed E-state index contributed by atoms with van der Waals surface area (Å²) in [6, 6.07) is 5.28. The van der Waals surface area contributed by atoms with Crippen molar-refractivity contribution >= 4 is 11.7 Å².